The molecule has 136 valence electrons. The summed E-state index contributed by atoms with van der Waals surface area (Å²) in [5.74, 6) is 1.88. The molecule has 0 radical (unpaired) electrons. The van der Waals surface area contributed by atoms with E-state index in [0.717, 1.165) is 17.0 Å². The summed E-state index contributed by atoms with van der Waals surface area (Å²) in [6, 6.07) is 8.98. The van der Waals surface area contributed by atoms with Gasteiger partial charge >= 0.3 is 0 Å². The molecule has 0 atom stereocenters. The van der Waals surface area contributed by atoms with Crippen LogP contribution in [-0.2, 0) is 6.54 Å². The van der Waals surface area contributed by atoms with Crippen molar-refractivity contribution in [2.45, 2.75) is 27.3 Å². The quantitative estimate of drug-likeness (QED) is 0.734. The first-order valence-electron chi connectivity index (χ1n) is 8.14. The summed E-state index contributed by atoms with van der Waals surface area (Å²) in [6.07, 6.45) is 0. The number of nitrogens with zero attached hydrogens (tertiary/aromatic N) is 2. The molecule has 0 saturated heterocycles. The van der Waals surface area contributed by atoms with Gasteiger partial charge in [-0.05, 0) is 45.0 Å². The minimum absolute atomic E-state index is 0.174. The molecule has 0 aliphatic heterocycles. The fourth-order valence-electron chi connectivity index (χ4n) is 2.96. The molecule has 2 aromatic heterocycles. The average Bonchev–Trinajstić information content (AvgIpc) is 3.15. The smallest absolute Gasteiger partial charge is 0.253 e. The van der Waals surface area contributed by atoms with Crippen LogP contribution in [0.4, 0.5) is 0 Å². The highest BCUT2D eigenvalue weighted by Gasteiger charge is 2.18. The van der Waals surface area contributed by atoms with Gasteiger partial charge in [0.15, 0.2) is 5.82 Å². The number of hydrogen-bond acceptors (Lipinski definition) is 4. The van der Waals surface area contributed by atoms with Gasteiger partial charge in [-0.15, -0.1) is 0 Å². The zero-order valence-corrected chi connectivity index (χ0v) is 15.8. The zero-order valence-electron chi connectivity index (χ0n) is 15.1. The topological polar surface area (TPSA) is 69.3 Å². The Balaban J connectivity index is 1.82. The molecule has 2 heterocycles. The lowest BCUT2D eigenvalue weighted by Crippen LogP contribution is -2.23. The molecule has 0 fully saturated rings. The van der Waals surface area contributed by atoms with Crippen molar-refractivity contribution in [3.8, 4) is 11.6 Å². The Kier molecular flexibility index (Phi) is 5.04. The van der Waals surface area contributed by atoms with Crippen molar-refractivity contribution in [2.75, 3.05) is 7.11 Å². The molecule has 1 N–H and O–H groups in total. The van der Waals surface area contributed by atoms with Gasteiger partial charge in [0, 0.05) is 34.6 Å². The zero-order chi connectivity index (χ0) is 18.8. The molecule has 0 aliphatic carbocycles. The molecule has 0 aliphatic rings. The molecule has 0 unspecified atom stereocenters. The van der Waals surface area contributed by atoms with Crippen LogP contribution in [0.2, 0.25) is 5.02 Å². The highest BCUT2D eigenvalue weighted by Crippen LogP contribution is 2.23. The van der Waals surface area contributed by atoms with Gasteiger partial charge in [-0.2, -0.15) is 0 Å². The van der Waals surface area contributed by atoms with Crippen molar-refractivity contribution >= 4 is 17.5 Å². The molecule has 3 rings (SSSR count). The minimum atomic E-state index is -0.174. The van der Waals surface area contributed by atoms with Gasteiger partial charge < -0.3 is 14.6 Å². The molecule has 0 bridgehead atoms. The third kappa shape index (κ3) is 3.46. The maximum absolute atomic E-state index is 12.7. The largest absolute Gasteiger partial charge is 0.496 e. The van der Waals surface area contributed by atoms with Crippen LogP contribution >= 0.6 is 11.6 Å². The number of benzene rings is 1. The lowest BCUT2D eigenvalue weighted by atomic mass is 10.2. The molecular formula is C19H20ClN3O3. The van der Waals surface area contributed by atoms with Crippen LogP contribution < -0.4 is 10.1 Å². The van der Waals surface area contributed by atoms with Gasteiger partial charge in [0.25, 0.3) is 5.91 Å². The van der Waals surface area contributed by atoms with Crippen molar-refractivity contribution < 1.29 is 14.1 Å². The van der Waals surface area contributed by atoms with Gasteiger partial charge in [-0.3, -0.25) is 9.36 Å². The van der Waals surface area contributed by atoms with Gasteiger partial charge in [0.1, 0.15) is 11.5 Å². The van der Waals surface area contributed by atoms with Crippen molar-refractivity contribution in [1.82, 2.24) is 15.0 Å². The number of amides is 1. The Labute approximate surface area is 156 Å². The van der Waals surface area contributed by atoms with Crippen LogP contribution in [0.5, 0.6) is 5.75 Å². The van der Waals surface area contributed by atoms with Crippen LogP contribution in [0.1, 0.15) is 33.1 Å². The fourth-order valence-corrected chi connectivity index (χ4v) is 3.15. The normalized spacial score (nSPS) is 10.8. The van der Waals surface area contributed by atoms with Gasteiger partial charge in [-0.1, -0.05) is 16.8 Å². The number of rotatable bonds is 5. The molecule has 1 amide bonds. The van der Waals surface area contributed by atoms with E-state index in [0.29, 0.717) is 34.5 Å². The van der Waals surface area contributed by atoms with Crippen molar-refractivity contribution in [3.63, 3.8) is 0 Å². The first-order chi connectivity index (χ1) is 12.4. The monoisotopic (exact) mass is 373 g/mol. The second kappa shape index (κ2) is 7.25. The minimum Gasteiger partial charge on any atom is -0.496 e. The Hall–Kier alpha value is -2.73. The van der Waals surface area contributed by atoms with E-state index in [9.17, 15) is 4.79 Å². The molecule has 7 heteroatoms. The van der Waals surface area contributed by atoms with E-state index < -0.39 is 0 Å². The molecule has 3 aromatic rings. The number of carbonyl (C=O) groups excluding carboxylic acids is 1. The third-order valence-corrected chi connectivity index (χ3v) is 4.44. The molecule has 0 spiro atoms. The summed E-state index contributed by atoms with van der Waals surface area (Å²) in [5.41, 5.74) is 3.10. The van der Waals surface area contributed by atoms with Gasteiger partial charge in [0.2, 0.25) is 0 Å². The third-order valence-electron chi connectivity index (χ3n) is 4.20. The molecule has 26 heavy (non-hydrogen) atoms. The van der Waals surface area contributed by atoms with Crippen molar-refractivity contribution in [1.29, 1.82) is 0 Å². The van der Waals surface area contributed by atoms with Crippen LogP contribution in [-0.4, -0.2) is 22.7 Å². The van der Waals surface area contributed by atoms with E-state index in [1.807, 2.05) is 37.5 Å². The van der Waals surface area contributed by atoms with Crippen LogP contribution in [0, 0.1) is 20.8 Å². The van der Waals surface area contributed by atoms with Gasteiger partial charge in [0.05, 0.1) is 12.7 Å². The first-order valence-corrected chi connectivity index (χ1v) is 8.51. The SMILES string of the molecule is COc1ccc(Cl)cc1CNC(=O)c1cc(C)n(-c2cc(C)on2)c1C. The summed E-state index contributed by atoms with van der Waals surface area (Å²) in [5, 5.41) is 7.54. The standard InChI is InChI=1S/C19H20ClN3O3/c1-11-7-16(13(3)23(11)18-8-12(2)26-22-18)19(24)21-10-14-9-15(20)5-6-17(14)25-4/h5-9H,10H2,1-4H3,(H,21,24). The van der Waals surface area contributed by atoms with Crippen LogP contribution in [0.25, 0.3) is 5.82 Å². The van der Waals surface area contributed by atoms with E-state index >= 15 is 0 Å². The number of aromatic nitrogens is 2. The number of methoxy groups -OCH3 is 1. The number of halogens is 1. The van der Waals surface area contributed by atoms with E-state index in [2.05, 4.69) is 10.5 Å². The number of ether oxygens (including phenoxy) is 1. The predicted octanol–water partition coefficient (Wildman–Crippen LogP) is 3.98. The summed E-state index contributed by atoms with van der Waals surface area (Å²) in [6.45, 7) is 5.95. The van der Waals surface area contributed by atoms with Crippen molar-refractivity contribution in [2.24, 2.45) is 0 Å². The summed E-state index contributed by atoms with van der Waals surface area (Å²) < 4.78 is 12.3. The second-order valence-electron chi connectivity index (χ2n) is 6.05. The Morgan fingerprint density at radius 1 is 1.27 bits per heavy atom. The Morgan fingerprint density at radius 2 is 2.04 bits per heavy atom. The Morgan fingerprint density at radius 3 is 2.69 bits per heavy atom. The molecule has 0 saturated carbocycles. The van der Waals surface area contributed by atoms with Crippen LogP contribution in [0.3, 0.4) is 0 Å². The predicted molar refractivity (Wildman–Crippen MR) is 99.2 cm³/mol. The number of aryl methyl sites for hydroxylation is 2. The maximum atomic E-state index is 12.7. The lowest BCUT2D eigenvalue weighted by Gasteiger charge is -2.10. The average molecular weight is 374 g/mol. The first kappa shape index (κ1) is 18.1. The van der Waals surface area contributed by atoms with E-state index in [1.165, 1.54) is 0 Å². The molecule has 6 nitrogen and oxygen atoms in total. The number of nitrogens with one attached hydrogen (secondary N) is 1. The van der Waals surface area contributed by atoms with E-state index in [4.69, 9.17) is 20.9 Å². The maximum Gasteiger partial charge on any atom is 0.253 e. The van der Waals surface area contributed by atoms with Gasteiger partial charge in [-0.25, -0.2) is 0 Å². The van der Waals surface area contributed by atoms with E-state index in [-0.39, 0.29) is 5.91 Å². The number of carbonyl (C=O) groups is 1. The van der Waals surface area contributed by atoms with Crippen molar-refractivity contribution in [3.05, 3.63) is 63.6 Å². The highest BCUT2D eigenvalue weighted by atomic mass is 35.5. The summed E-state index contributed by atoms with van der Waals surface area (Å²) in [4.78, 5) is 12.7. The fraction of sp³-hybridized carbons (Fsp3) is 0.263. The highest BCUT2D eigenvalue weighted by molar-refractivity contribution is 6.30. The van der Waals surface area contributed by atoms with Crippen LogP contribution in [0.15, 0.2) is 34.9 Å². The second-order valence-corrected chi connectivity index (χ2v) is 6.49. The molecular weight excluding hydrogens is 354 g/mol. The summed E-state index contributed by atoms with van der Waals surface area (Å²) >= 11 is 6.04. The Bertz CT molecular complexity index is 959. The van der Waals surface area contributed by atoms with E-state index in [1.54, 1.807) is 25.3 Å². The summed E-state index contributed by atoms with van der Waals surface area (Å²) in [7, 11) is 1.59. The molecule has 1 aromatic carbocycles. The lowest BCUT2D eigenvalue weighted by molar-refractivity contribution is 0.0950. The number of hydrogen-bond donors (Lipinski definition) is 1.